The van der Waals surface area contributed by atoms with Gasteiger partial charge in [-0.05, 0) is 101 Å². The van der Waals surface area contributed by atoms with Gasteiger partial charge in [-0.1, -0.05) is 27.5 Å². The van der Waals surface area contributed by atoms with Crippen molar-refractivity contribution in [1.82, 2.24) is 14.8 Å². The van der Waals surface area contributed by atoms with Gasteiger partial charge in [0.25, 0.3) is 0 Å². The average Bonchev–Trinajstić information content (AvgIpc) is 3.09. The van der Waals surface area contributed by atoms with E-state index in [0.29, 0.717) is 25.4 Å². The Labute approximate surface area is 257 Å². The third-order valence-corrected chi connectivity index (χ3v) is 10.1. The van der Waals surface area contributed by atoms with Crippen molar-refractivity contribution in [3.63, 3.8) is 0 Å². The summed E-state index contributed by atoms with van der Waals surface area (Å²) in [6.07, 6.45) is 8.01. The van der Waals surface area contributed by atoms with Crippen LogP contribution in [0.2, 0.25) is 5.02 Å². The van der Waals surface area contributed by atoms with Gasteiger partial charge in [0.05, 0.1) is 5.69 Å². The Morgan fingerprint density at radius 1 is 0.900 bits per heavy atom. The highest BCUT2D eigenvalue weighted by atomic mass is 79.9. The van der Waals surface area contributed by atoms with Crippen molar-refractivity contribution in [1.29, 1.82) is 0 Å². The number of aryl methyl sites for hydroxylation is 2. The summed E-state index contributed by atoms with van der Waals surface area (Å²) in [5, 5.41) is 0.741. The molecule has 214 valence electrons. The zero-order chi connectivity index (χ0) is 28.4. The van der Waals surface area contributed by atoms with Gasteiger partial charge in [0.1, 0.15) is 0 Å². The number of carbonyl (C=O) groups excluding carboxylic acids is 3. The predicted octanol–water partition coefficient (Wildman–Crippen LogP) is 5.62. The van der Waals surface area contributed by atoms with Crippen molar-refractivity contribution < 1.29 is 14.4 Å². The van der Waals surface area contributed by atoms with E-state index >= 15 is 0 Å². The maximum atomic E-state index is 13.3. The van der Waals surface area contributed by atoms with Gasteiger partial charge in [-0.15, -0.1) is 0 Å². The number of halogens is 3. The SMILES string of the molecule is NC(=O)CCC(=O)N1CCC(CC(=O)N2CCC(C3c4ncc(Br)cc4CCc4cc(Cl)cc(Br)c43)CC2)CC1. The van der Waals surface area contributed by atoms with Crippen LogP contribution in [-0.2, 0) is 27.2 Å². The third-order valence-electron chi connectivity index (χ3n) is 8.80. The van der Waals surface area contributed by atoms with Gasteiger partial charge in [-0.3, -0.25) is 19.4 Å². The normalized spacial score (nSPS) is 20.0. The molecule has 5 rings (SSSR count). The van der Waals surface area contributed by atoms with Crippen molar-refractivity contribution in [2.45, 2.75) is 63.7 Å². The molecule has 0 spiro atoms. The van der Waals surface area contributed by atoms with Crippen molar-refractivity contribution >= 4 is 61.2 Å². The Bertz CT molecular complexity index is 1290. The maximum Gasteiger partial charge on any atom is 0.223 e. The molecule has 2 N–H and O–H groups in total. The van der Waals surface area contributed by atoms with Crippen LogP contribution in [0.5, 0.6) is 0 Å². The van der Waals surface area contributed by atoms with Crippen LogP contribution in [0, 0.1) is 11.8 Å². The monoisotopic (exact) mass is 692 g/mol. The molecule has 1 aromatic carbocycles. The lowest BCUT2D eigenvalue weighted by molar-refractivity contribution is -0.136. The van der Waals surface area contributed by atoms with E-state index in [0.717, 1.165) is 71.3 Å². The topological polar surface area (TPSA) is 96.6 Å². The second-order valence-electron chi connectivity index (χ2n) is 11.3. The van der Waals surface area contributed by atoms with Crippen LogP contribution >= 0.6 is 43.5 Å². The number of hydrogen-bond acceptors (Lipinski definition) is 4. The van der Waals surface area contributed by atoms with Crippen molar-refractivity contribution in [2.75, 3.05) is 26.2 Å². The van der Waals surface area contributed by atoms with Crippen LogP contribution in [0.25, 0.3) is 0 Å². The zero-order valence-electron chi connectivity index (χ0n) is 22.5. The van der Waals surface area contributed by atoms with E-state index in [1.165, 1.54) is 16.7 Å². The Morgan fingerprint density at radius 2 is 1.55 bits per heavy atom. The molecule has 1 aliphatic carbocycles. The quantitative estimate of drug-likeness (QED) is 0.425. The number of pyridine rings is 1. The molecule has 2 aliphatic heterocycles. The molecule has 3 heterocycles. The maximum absolute atomic E-state index is 13.3. The minimum absolute atomic E-state index is 0.0249. The summed E-state index contributed by atoms with van der Waals surface area (Å²) in [5.74, 6) is 0.555. The summed E-state index contributed by atoms with van der Waals surface area (Å²) in [7, 11) is 0. The van der Waals surface area contributed by atoms with Gasteiger partial charge in [-0.2, -0.15) is 0 Å². The first-order valence-electron chi connectivity index (χ1n) is 14.2. The van der Waals surface area contributed by atoms with Crippen LogP contribution < -0.4 is 5.73 Å². The largest absolute Gasteiger partial charge is 0.370 e. The first-order valence-corrected chi connectivity index (χ1v) is 16.1. The standard InChI is InChI=1S/C30H35Br2ClN4O3/c31-22-14-21-2-1-20-15-23(33)16-24(32)28(20)29(30(21)35-17-22)19-7-11-37(12-8-19)27(40)13-18-5-9-36(10-6-18)26(39)4-3-25(34)38/h14-19,29H,1-13H2,(H2,34,38). The van der Waals surface area contributed by atoms with Crippen molar-refractivity contribution in [3.8, 4) is 0 Å². The summed E-state index contributed by atoms with van der Waals surface area (Å²) < 4.78 is 2.03. The molecule has 0 bridgehead atoms. The Morgan fingerprint density at radius 3 is 2.25 bits per heavy atom. The fourth-order valence-electron chi connectivity index (χ4n) is 6.66. The minimum atomic E-state index is -0.452. The Kier molecular flexibility index (Phi) is 9.52. The molecule has 2 saturated heterocycles. The molecule has 0 saturated carbocycles. The second kappa shape index (κ2) is 12.9. The zero-order valence-corrected chi connectivity index (χ0v) is 26.4. The van der Waals surface area contributed by atoms with E-state index in [4.69, 9.17) is 22.3 Å². The molecule has 1 aromatic heterocycles. The van der Waals surface area contributed by atoms with Crippen LogP contribution in [0.4, 0.5) is 0 Å². The molecule has 7 nitrogen and oxygen atoms in total. The molecular weight excluding hydrogens is 660 g/mol. The van der Waals surface area contributed by atoms with Crippen LogP contribution in [-0.4, -0.2) is 58.7 Å². The smallest absolute Gasteiger partial charge is 0.223 e. The lowest BCUT2D eigenvalue weighted by atomic mass is 9.76. The van der Waals surface area contributed by atoms with Crippen molar-refractivity contribution in [3.05, 3.63) is 60.7 Å². The number of rotatable bonds is 6. The average molecular weight is 695 g/mol. The van der Waals surface area contributed by atoms with E-state index in [1.807, 2.05) is 17.2 Å². The van der Waals surface area contributed by atoms with Gasteiger partial charge in [0.2, 0.25) is 17.7 Å². The molecule has 2 fully saturated rings. The summed E-state index contributed by atoms with van der Waals surface area (Å²) in [6, 6.07) is 6.29. The molecule has 2 aromatic rings. The van der Waals surface area contributed by atoms with E-state index in [9.17, 15) is 14.4 Å². The number of nitrogens with zero attached hydrogens (tertiary/aromatic N) is 3. The highest BCUT2D eigenvalue weighted by Gasteiger charge is 2.37. The number of fused-ring (bicyclic) bond motifs is 2. The first kappa shape index (κ1) is 29.5. The summed E-state index contributed by atoms with van der Waals surface area (Å²) in [6.45, 7) is 2.77. The molecule has 0 radical (unpaired) electrons. The highest BCUT2D eigenvalue weighted by Crippen LogP contribution is 2.46. The second-order valence-corrected chi connectivity index (χ2v) is 13.6. The first-order chi connectivity index (χ1) is 19.2. The summed E-state index contributed by atoms with van der Waals surface area (Å²) in [5.41, 5.74) is 10.2. The number of likely N-dealkylation sites (tertiary alicyclic amines) is 2. The van der Waals surface area contributed by atoms with E-state index < -0.39 is 5.91 Å². The fraction of sp³-hybridized carbons (Fsp3) is 0.533. The lowest BCUT2D eigenvalue weighted by Gasteiger charge is -2.38. The number of amides is 3. The van der Waals surface area contributed by atoms with E-state index in [2.05, 4.69) is 44.0 Å². The number of aromatic nitrogens is 1. The number of hydrogen-bond donors (Lipinski definition) is 1. The lowest BCUT2D eigenvalue weighted by Crippen LogP contribution is -2.43. The molecule has 3 amide bonds. The molecule has 1 atom stereocenters. The van der Waals surface area contributed by atoms with Gasteiger partial charge in [-0.25, -0.2) is 0 Å². The number of nitrogens with two attached hydrogens (primary N) is 1. The van der Waals surface area contributed by atoms with Gasteiger partial charge in [0, 0.05) is 71.5 Å². The molecule has 1 unspecified atom stereocenters. The van der Waals surface area contributed by atoms with E-state index in [-0.39, 0.29) is 36.5 Å². The number of benzene rings is 1. The minimum Gasteiger partial charge on any atom is -0.370 e. The number of primary amides is 1. The van der Waals surface area contributed by atoms with Gasteiger partial charge < -0.3 is 15.5 Å². The van der Waals surface area contributed by atoms with Crippen LogP contribution in [0.15, 0.2) is 33.3 Å². The molecule has 10 heteroatoms. The van der Waals surface area contributed by atoms with Crippen molar-refractivity contribution in [2.24, 2.45) is 17.6 Å². The molecule has 3 aliphatic rings. The van der Waals surface area contributed by atoms with Crippen LogP contribution in [0.3, 0.4) is 0 Å². The van der Waals surface area contributed by atoms with Gasteiger partial charge >= 0.3 is 0 Å². The molecule has 40 heavy (non-hydrogen) atoms. The van der Waals surface area contributed by atoms with E-state index in [1.54, 1.807) is 4.90 Å². The molecular formula is C30H35Br2ClN4O3. The highest BCUT2D eigenvalue weighted by molar-refractivity contribution is 9.10. The fourth-order valence-corrected chi connectivity index (χ4v) is 8.16. The third kappa shape index (κ3) is 6.73. The predicted molar refractivity (Wildman–Crippen MR) is 162 cm³/mol. The summed E-state index contributed by atoms with van der Waals surface area (Å²) >= 11 is 13.9. The number of carbonyl (C=O) groups is 3. The Hall–Kier alpha value is -1.97. The van der Waals surface area contributed by atoms with Crippen LogP contribution in [0.1, 0.15) is 73.2 Å². The summed E-state index contributed by atoms with van der Waals surface area (Å²) in [4.78, 5) is 45.3. The Balaban J connectivity index is 1.22. The number of piperidine rings is 2. The van der Waals surface area contributed by atoms with Gasteiger partial charge in [0.15, 0.2) is 0 Å².